The van der Waals surface area contributed by atoms with E-state index in [9.17, 15) is 4.79 Å². The molecule has 27 heavy (non-hydrogen) atoms. The monoisotopic (exact) mass is 382 g/mol. The zero-order chi connectivity index (χ0) is 18.6. The molecule has 0 aliphatic carbocycles. The molecule has 1 atom stereocenters. The van der Waals surface area contributed by atoms with Gasteiger partial charge in [-0.15, -0.1) is 11.3 Å². The first kappa shape index (κ1) is 17.8. The van der Waals surface area contributed by atoms with Gasteiger partial charge < -0.3 is 14.4 Å². The van der Waals surface area contributed by atoms with Crippen molar-refractivity contribution in [1.82, 2.24) is 9.88 Å². The highest BCUT2D eigenvalue weighted by atomic mass is 32.1. The summed E-state index contributed by atoms with van der Waals surface area (Å²) in [6.45, 7) is 1.12. The van der Waals surface area contributed by atoms with Gasteiger partial charge in [0.05, 0.1) is 36.4 Å². The van der Waals surface area contributed by atoms with E-state index in [1.54, 1.807) is 18.4 Å². The van der Waals surface area contributed by atoms with Crippen molar-refractivity contribution in [2.75, 3.05) is 20.3 Å². The molecule has 1 aliphatic heterocycles. The highest BCUT2D eigenvalue weighted by Gasteiger charge is 2.31. The van der Waals surface area contributed by atoms with Crippen LogP contribution in [0.15, 0.2) is 48.5 Å². The van der Waals surface area contributed by atoms with E-state index in [0.29, 0.717) is 24.5 Å². The number of carbonyl (C=O) groups is 1. The Morgan fingerprint density at radius 2 is 1.96 bits per heavy atom. The van der Waals surface area contributed by atoms with Crippen molar-refractivity contribution in [1.29, 1.82) is 0 Å². The number of carbonyl (C=O) groups excluding carboxylic acids is 1. The maximum absolute atomic E-state index is 12.8. The maximum Gasteiger partial charge on any atom is 0.226 e. The van der Waals surface area contributed by atoms with Crippen LogP contribution in [0.2, 0.25) is 0 Å². The first-order valence-electron chi connectivity index (χ1n) is 9.17. The second kappa shape index (κ2) is 7.96. The van der Waals surface area contributed by atoms with Crippen LogP contribution in [0, 0.1) is 0 Å². The fourth-order valence-electron chi connectivity index (χ4n) is 3.48. The SMILES string of the molecule is COc1ccccc1OCCC(=O)N1CCCC1c1nc2ccccc2s1. The molecule has 1 amide bonds. The Labute approximate surface area is 162 Å². The fourth-order valence-corrected chi connectivity index (χ4v) is 4.60. The Bertz CT molecular complexity index is 907. The van der Waals surface area contributed by atoms with Gasteiger partial charge in [-0.25, -0.2) is 4.98 Å². The molecule has 0 saturated carbocycles. The summed E-state index contributed by atoms with van der Waals surface area (Å²) in [5.74, 6) is 1.46. The van der Waals surface area contributed by atoms with Gasteiger partial charge in [-0.1, -0.05) is 24.3 Å². The lowest BCUT2D eigenvalue weighted by molar-refractivity contribution is -0.132. The Morgan fingerprint density at radius 1 is 1.19 bits per heavy atom. The Kier molecular flexibility index (Phi) is 5.25. The van der Waals surface area contributed by atoms with Crippen LogP contribution in [0.3, 0.4) is 0 Å². The first-order chi connectivity index (χ1) is 13.3. The molecular formula is C21H22N2O3S. The molecule has 4 rings (SSSR count). The van der Waals surface area contributed by atoms with E-state index in [4.69, 9.17) is 14.5 Å². The number of nitrogens with zero attached hydrogens (tertiary/aromatic N) is 2. The first-order valence-corrected chi connectivity index (χ1v) is 9.98. The van der Waals surface area contributed by atoms with E-state index in [1.807, 2.05) is 47.4 Å². The molecule has 0 spiro atoms. The lowest BCUT2D eigenvalue weighted by atomic mass is 10.2. The van der Waals surface area contributed by atoms with Crippen molar-refractivity contribution in [2.45, 2.75) is 25.3 Å². The summed E-state index contributed by atoms with van der Waals surface area (Å²) in [6.07, 6.45) is 2.33. The number of benzene rings is 2. The number of amides is 1. The summed E-state index contributed by atoms with van der Waals surface area (Å²) in [6, 6.07) is 15.7. The summed E-state index contributed by atoms with van der Waals surface area (Å²) >= 11 is 1.69. The minimum atomic E-state index is 0.0844. The summed E-state index contributed by atoms with van der Waals surface area (Å²) in [5.41, 5.74) is 1.01. The quantitative estimate of drug-likeness (QED) is 0.633. The van der Waals surface area contributed by atoms with Gasteiger partial charge in [0.1, 0.15) is 5.01 Å². The van der Waals surface area contributed by atoms with E-state index in [1.165, 1.54) is 4.70 Å². The van der Waals surface area contributed by atoms with Crippen LogP contribution in [0.5, 0.6) is 11.5 Å². The second-order valence-corrected chi connectivity index (χ2v) is 7.58. The molecule has 1 unspecified atom stereocenters. The molecule has 1 aliphatic rings. The topological polar surface area (TPSA) is 51.7 Å². The molecule has 3 aromatic rings. The van der Waals surface area contributed by atoms with Gasteiger partial charge in [-0.3, -0.25) is 4.79 Å². The number of hydrogen-bond donors (Lipinski definition) is 0. The van der Waals surface area contributed by atoms with Crippen LogP contribution in [-0.4, -0.2) is 36.1 Å². The van der Waals surface area contributed by atoms with Crippen LogP contribution < -0.4 is 9.47 Å². The largest absolute Gasteiger partial charge is 0.493 e. The third-order valence-corrected chi connectivity index (χ3v) is 5.95. The van der Waals surface area contributed by atoms with Crippen LogP contribution in [0.1, 0.15) is 30.3 Å². The Morgan fingerprint density at radius 3 is 2.78 bits per heavy atom. The molecular weight excluding hydrogens is 360 g/mol. The molecule has 1 fully saturated rings. The Hall–Kier alpha value is -2.60. The molecule has 6 heteroatoms. The van der Waals surface area contributed by atoms with Crippen molar-refractivity contribution < 1.29 is 14.3 Å². The summed E-state index contributed by atoms with van der Waals surface area (Å²) in [5, 5.41) is 1.03. The van der Waals surface area contributed by atoms with E-state index in [2.05, 4.69) is 6.07 Å². The van der Waals surface area contributed by atoms with E-state index >= 15 is 0 Å². The Balaban J connectivity index is 1.40. The molecule has 5 nitrogen and oxygen atoms in total. The van der Waals surface area contributed by atoms with Gasteiger partial charge in [0.2, 0.25) is 5.91 Å². The van der Waals surface area contributed by atoms with E-state index in [-0.39, 0.29) is 11.9 Å². The molecule has 1 saturated heterocycles. The van der Waals surface area contributed by atoms with Crippen molar-refractivity contribution in [3.63, 3.8) is 0 Å². The molecule has 0 bridgehead atoms. The molecule has 0 N–H and O–H groups in total. The minimum Gasteiger partial charge on any atom is -0.493 e. The molecule has 0 radical (unpaired) electrons. The predicted octanol–water partition coefficient (Wildman–Crippen LogP) is 4.44. The van der Waals surface area contributed by atoms with Crippen LogP contribution in [0.4, 0.5) is 0 Å². The third-order valence-electron chi connectivity index (χ3n) is 4.81. The van der Waals surface area contributed by atoms with Gasteiger partial charge >= 0.3 is 0 Å². The van der Waals surface area contributed by atoms with Gasteiger partial charge in [0.25, 0.3) is 0 Å². The number of fused-ring (bicyclic) bond motifs is 1. The highest BCUT2D eigenvalue weighted by molar-refractivity contribution is 7.18. The zero-order valence-corrected chi connectivity index (χ0v) is 16.1. The van der Waals surface area contributed by atoms with Gasteiger partial charge in [0.15, 0.2) is 11.5 Å². The van der Waals surface area contributed by atoms with E-state index in [0.717, 1.165) is 29.9 Å². The van der Waals surface area contributed by atoms with Crippen molar-refractivity contribution in [2.24, 2.45) is 0 Å². The average molecular weight is 382 g/mol. The highest BCUT2D eigenvalue weighted by Crippen LogP contribution is 2.36. The summed E-state index contributed by atoms with van der Waals surface area (Å²) < 4.78 is 12.2. The normalized spacial score (nSPS) is 16.6. The standard InChI is InChI=1S/C21H22N2O3S/c1-25-17-9-3-4-10-18(17)26-14-12-20(24)23-13-6-8-16(23)21-22-15-7-2-5-11-19(15)27-21/h2-5,7,9-11,16H,6,8,12-14H2,1H3. The van der Waals surface area contributed by atoms with Crippen molar-refractivity contribution in [3.8, 4) is 11.5 Å². The summed E-state index contributed by atoms with van der Waals surface area (Å²) in [7, 11) is 1.61. The van der Waals surface area contributed by atoms with Crippen molar-refractivity contribution >= 4 is 27.5 Å². The number of rotatable bonds is 6. The third kappa shape index (κ3) is 3.76. The molecule has 140 valence electrons. The smallest absolute Gasteiger partial charge is 0.226 e. The van der Waals surface area contributed by atoms with Crippen LogP contribution in [-0.2, 0) is 4.79 Å². The zero-order valence-electron chi connectivity index (χ0n) is 15.3. The average Bonchev–Trinajstić information content (AvgIpc) is 3.34. The lowest BCUT2D eigenvalue weighted by Crippen LogP contribution is -2.31. The number of likely N-dealkylation sites (tertiary alicyclic amines) is 1. The molecule has 2 heterocycles. The number of ether oxygens (including phenoxy) is 2. The number of thiazole rings is 1. The number of methoxy groups -OCH3 is 1. The summed E-state index contributed by atoms with van der Waals surface area (Å²) in [4.78, 5) is 19.5. The number of para-hydroxylation sites is 3. The second-order valence-electron chi connectivity index (χ2n) is 6.51. The minimum absolute atomic E-state index is 0.0844. The lowest BCUT2D eigenvalue weighted by Gasteiger charge is -2.23. The molecule has 1 aromatic heterocycles. The fraction of sp³-hybridized carbons (Fsp3) is 0.333. The van der Waals surface area contributed by atoms with Gasteiger partial charge in [-0.2, -0.15) is 0 Å². The van der Waals surface area contributed by atoms with Crippen LogP contribution >= 0.6 is 11.3 Å². The number of hydrogen-bond acceptors (Lipinski definition) is 5. The van der Waals surface area contributed by atoms with Crippen LogP contribution in [0.25, 0.3) is 10.2 Å². The van der Waals surface area contributed by atoms with E-state index < -0.39 is 0 Å². The van der Waals surface area contributed by atoms with Gasteiger partial charge in [0, 0.05) is 6.54 Å². The van der Waals surface area contributed by atoms with Gasteiger partial charge in [-0.05, 0) is 37.1 Å². The molecule has 2 aromatic carbocycles. The predicted molar refractivity (Wildman–Crippen MR) is 106 cm³/mol. The maximum atomic E-state index is 12.8. The van der Waals surface area contributed by atoms with Crippen molar-refractivity contribution in [3.05, 3.63) is 53.5 Å². The number of aromatic nitrogens is 1.